The van der Waals surface area contributed by atoms with Gasteiger partial charge in [0.25, 0.3) is 0 Å². The summed E-state index contributed by atoms with van der Waals surface area (Å²) in [4.78, 5) is 12.7. The van der Waals surface area contributed by atoms with Crippen molar-refractivity contribution in [3.63, 3.8) is 0 Å². The van der Waals surface area contributed by atoms with Gasteiger partial charge in [0, 0.05) is 30.7 Å². The molecule has 1 aliphatic heterocycles. The minimum Gasteiger partial charge on any atom is -0.385 e. The molecule has 3 N–H and O–H groups in total. The van der Waals surface area contributed by atoms with Crippen LogP contribution in [0, 0.1) is 28.1 Å². The molecule has 1 aromatic carbocycles. The van der Waals surface area contributed by atoms with Crippen molar-refractivity contribution < 1.29 is 19.4 Å². The Bertz CT molecular complexity index is 1220. The van der Waals surface area contributed by atoms with Crippen LogP contribution in [0.25, 0.3) is 6.08 Å². The predicted molar refractivity (Wildman–Crippen MR) is 162 cm³/mol. The van der Waals surface area contributed by atoms with Gasteiger partial charge in [-0.3, -0.25) is 0 Å². The Kier molecular flexibility index (Phi) is 7.07. The number of ether oxygens (including phenoxy) is 2. The van der Waals surface area contributed by atoms with Crippen LogP contribution in [0.3, 0.4) is 0 Å². The van der Waals surface area contributed by atoms with Crippen LogP contribution in [0.1, 0.15) is 89.2 Å². The third-order valence-corrected chi connectivity index (χ3v) is 11.8. The van der Waals surface area contributed by atoms with Crippen molar-refractivity contribution >= 4 is 29.9 Å². The fourth-order valence-electron chi connectivity index (χ4n) is 9.10. The Morgan fingerprint density at radius 2 is 1.80 bits per heavy atom. The molecule has 0 radical (unpaired) electrons. The van der Waals surface area contributed by atoms with Crippen molar-refractivity contribution in [2.45, 2.75) is 89.4 Å². The third-order valence-electron chi connectivity index (χ3n) is 11.4. The first kappa shape index (κ1) is 28.4. The van der Waals surface area contributed by atoms with Gasteiger partial charge < -0.3 is 25.1 Å². The summed E-state index contributed by atoms with van der Waals surface area (Å²) in [7, 11) is 0. The second kappa shape index (κ2) is 9.95. The van der Waals surface area contributed by atoms with Crippen LogP contribution >= 0.6 is 12.2 Å². The van der Waals surface area contributed by atoms with E-state index in [1.54, 1.807) is 5.37 Å². The molecule has 40 heavy (non-hydrogen) atoms. The highest BCUT2D eigenvalue weighted by atomic mass is 32.1. The van der Waals surface area contributed by atoms with E-state index in [9.17, 15) is 9.90 Å². The van der Waals surface area contributed by atoms with Crippen molar-refractivity contribution in [3.8, 4) is 0 Å². The second-order valence-corrected chi connectivity index (χ2v) is 14.6. The summed E-state index contributed by atoms with van der Waals surface area (Å²) in [5.74, 6) is 0.155. The molecular formula is C34H45NO4S. The van der Waals surface area contributed by atoms with Crippen LogP contribution in [-0.2, 0) is 14.3 Å². The van der Waals surface area contributed by atoms with E-state index in [-0.39, 0.29) is 16.7 Å². The maximum absolute atomic E-state index is 12.7. The summed E-state index contributed by atoms with van der Waals surface area (Å²) in [5.41, 5.74) is 8.98. The zero-order valence-electron chi connectivity index (χ0n) is 24.3. The molecular weight excluding hydrogens is 518 g/mol. The number of aliphatic hydroxyl groups is 1. The van der Waals surface area contributed by atoms with E-state index in [0.29, 0.717) is 44.4 Å². The Balaban J connectivity index is 1.43. The molecule has 0 amide bonds. The lowest BCUT2D eigenvalue weighted by Crippen LogP contribution is -2.58. The molecule has 5 aliphatic rings. The smallest absolute Gasteiger partial charge is 0.171 e. The standard InChI is InChI=1S/C34H45NO4S/c1-30(2)20-38-34(39-21-30)15-12-28-29-25(10-14-33(28,37)18-34)27-11-13-32(19-36,22-40)31(27,3)17-26(29)24-8-6-23(7-9-24)5-4-16-35/h4-9,19,22,25-27,37H,10-18,20-21,35H2,1-3H3. The van der Waals surface area contributed by atoms with Gasteiger partial charge in [-0.1, -0.05) is 75.0 Å². The molecule has 4 fully saturated rings. The van der Waals surface area contributed by atoms with Crippen molar-refractivity contribution in [1.29, 1.82) is 0 Å². The number of hydrogen-bond donors (Lipinski definition) is 2. The predicted octanol–water partition coefficient (Wildman–Crippen LogP) is 6.14. The lowest BCUT2D eigenvalue weighted by atomic mass is 9.48. The van der Waals surface area contributed by atoms with Crippen LogP contribution in [0.4, 0.5) is 0 Å². The number of aldehydes is 1. The SMILES string of the molecule is CC1(C)COC2(CCC3=C4C(c5ccc(C=CCN)cc5)CC5(C)C(CCC5(C=O)C=S)C4CCC3(O)C2)OC1. The van der Waals surface area contributed by atoms with Gasteiger partial charge >= 0.3 is 0 Å². The third kappa shape index (κ3) is 4.32. The number of carbonyl (C=O) groups excluding carboxylic acids is 1. The Morgan fingerprint density at radius 3 is 2.45 bits per heavy atom. The van der Waals surface area contributed by atoms with E-state index < -0.39 is 16.8 Å². The molecule has 1 heterocycles. The van der Waals surface area contributed by atoms with Crippen LogP contribution in [0.5, 0.6) is 0 Å². The van der Waals surface area contributed by atoms with Crippen LogP contribution < -0.4 is 5.73 Å². The van der Waals surface area contributed by atoms with Crippen LogP contribution in [0.2, 0.25) is 0 Å². The number of allylic oxidation sites excluding steroid dienone is 1. The second-order valence-electron chi connectivity index (χ2n) is 14.3. The molecule has 216 valence electrons. The Morgan fingerprint density at radius 1 is 1.07 bits per heavy atom. The minimum atomic E-state index is -0.925. The number of rotatable bonds is 5. The average Bonchev–Trinajstić information content (AvgIpc) is 3.25. The quantitative estimate of drug-likeness (QED) is 0.255. The van der Waals surface area contributed by atoms with Gasteiger partial charge in [0.15, 0.2) is 5.79 Å². The van der Waals surface area contributed by atoms with E-state index in [1.165, 1.54) is 16.7 Å². The topological polar surface area (TPSA) is 81.8 Å². The summed E-state index contributed by atoms with van der Waals surface area (Å²) < 4.78 is 12.8. The molecule has 3 saturated carbocycles. The average molecular weight is 564 g/mol. The van der Waals surface area contributed by atoms with Gasteiger partial charge in [-0.2, -0.15) is 0 Å². The van der Waals surface area contributed by atoms with E-state index >= 15 is 0 Å². The van der Waals surface area contributed by atoms with E-state index in [2.05, 4.69) is 51.1 Å². The van der Waals surface area contributed by atoms with Crippen molar-refractivity contribution in [1.82, 2.24) is 0 Å². The van der Waals surface area contributed by atoms with Crippen LogP contribution in [0.15, 0.2) is 41.5 Å². The van der Waals surface area contributed by atoms with Gasteiger partial charge in [0.2, 0.25) is 0 Å². The van der Waals surface area contributed by atoms with Gasteiger partial charge in [0.1, 0.15) is 6.29 Å². The number of carbonyl (C=O) groups is 1. The molecule has 6 unspecified atom stereocenters. The summed E-state index contributed by atoms with van der Waals surface area (Å²) >= 11 is 5.56. The lowest BCUT2D eigenvalue weighted by Gasteiger charge is -2.58. The molecule has 5 nitrogen and oxygen atoms in total. The first-order valence-corrected chi connectivity index (χ1v) is 15.6. The van der Waals surface area contributed by atoms with Gasteiger partial charge in [-0.05, 0) is 77.8 Å². The van der Waals surface area contributed by atoms with Gasteiger partial charge in [-0.15, -0.1) is 0 Å². The van der Waals surface area contributed by atoms with E-state index in [4.69, 9.17) is 27.4 Å². The molecule has 1 spiro atoms. The maximum Gasteiger partial charge on any atom is 0.171 e. The molecule has 6 atom stereocenters. The van der Waals surface area contributed by atoms with Crippen molar-refractivity contribution in [2.24, 2.45) is 33.8 Å². The number of nitrogens with two attached hydrogens (primary N) is 1. The zero-order valence-corrected chi connectivity index (χ0v) is 25.1. The normalized spacial score (nSPS) is 40.0. The lowest BCUT2D eigenvalue weighted by molar-refractivity contribution is -0.322. The number of benzene rings is 1. The highest BCUT2D eigenvalue weighted by Crippen LogP contribution is 2.69. The summed E-state index contributed by atoms with van der Waals surface area (Å²) in [5, 5.41) is 14.1. The summed E-state index contributed by atoms with van der Waals surface area (Å²) in [6.45, 7) is 8.46. The minimum absolute atomic E-state index is 0.00995. The van der Waals surface area contributed by atoms with Crippen molar-refractivity contribution in [3.05, 3.63) is 52.6 Å². The fourth-order valence-corrected chi connectivity index (χ4v) is 9.55. The molecule has 1 saturated heterocycles. The fraction of sp³-hybridized carbons (Fsp3) is 0.647. The first-order valence-electron chi connectivity index (χ1n) is 15.2. The monoisotopic (exact) mass is 563 g/mol. The molecule has 1 aromatic rings. The first-order chi connectivity index (χ1) is 19.0. The highest BCUT2D eigenvalue weighted by molar-refractivity contribution is 7.79. The van der Waals surface area contributed by atoms with Gasteiger partial charge in [-0.25, -0.2) is 0 Å². The largest absolute Gasteiger partial charge is 0.385 e. The highest BCUT2D eigenvalue weighted by Gasteiger charge is 2.64. The Labute approximate surface area is 244 Å². The van der Waals surface area contributed by atoms with E-state index in [0.717, 1.165) is 50.4 Å². The number of thiocarbonyl (C=S) groups is 1. The molecule has 0 bridgehead atoms. The Hall–Kier alpha value is -1.70. The van der Waals surface area contributed by atoms with Gasteiger partial charge in [0.05, 0.1) is 24.2 Å². The number of fused-ring (bicyclic) bond motifs is 4. The molecule has 4 aliphatic carbocycles. The van der Waals surface area contributed by atoms with Crippen molar-refractivity contribution in [2.75, 3.05) is 19.8 Å². The maximum atomic E-state index is 12.7. The summed E-state index contributed by atoms with van der Waals surface area (Å²) in [6.07, 6.45) is 11.5. The number of hydrogen-bond acceptors (Lipinski definition) is 6. The zero-order chi connectivity index (χ0) is 28.4. The summed E-state index contributed by atoms with van der Waals surface area (Å²) in [6, 6.07) is 8.79. The van der Waals surface area contributed by atoms with E-state index in [1.807, 2.05) is 6.08 Å². The molecule has 0 aromatic heterocycles. The van der Waals surface area contributed by atoms with Crippen LogP contribution in [-0.4, -0.2) is 47.9 Å². The molecule has 6 heteroatoms. The molecule has 6 rings (SSSR count).